The summed E-state index contributed by atoms with van der Waals surface area (Å²) in [5.41, 5.74) is 8.04. The Labute approximate surface area is 103 Å². The second-order valence-corrected chi connectivity index (χ2v) is 5.26. The third-order valence-corrected chi connectivity index (χ3v) is 3.72. The highest BCUT2D eigenvalue weighted by Gasteiger charge is 1.98. The number of anilines is 1. The molecule has 2 rings (SSSR count). The minimum absolute atomic E-state index is 0.668. The van der Waals surface area contributed by atoms with Gasteiger partial charge in [0.2, 0.25) is 0 Å². The van der Waals surface area contributed by atoms with E-state index in [1.54, 1.807) is 11.3 Å². The van der Waals surface area contributed by atoms with Crippen molar-refractivity contribution in [1.29, 1.82) is 0 Å². The number of nitrogens with two attached hydrogens (primary N) is 1. The third-order valence-electron chi connectivity index (χ3n) is 2.27. The molecule has 3 N–H and O–H groups in total. The first-order valence-electron chi connectivity index (χ1n) is 5.26. The molecule has 2 aromatic heterocycles. The summed E-state index contributed by atoms with van der Waals surface area (Å²) in [6.07, 6.45) is 2.11. The van der Waals surface area contributed by atoms with Gasteiger partial charge in [-0.3, -0.25) is 0 Å². The number of hydrogen-bond acceptors (Lipinski definition) is 5. The Morgan fingerprint density at radius 1 is 1.38 bits per heavy atom. The number of rotatable bonds is 6. The second kappa shape index (κ2) is 5.98. The molecule has 0 unspecified atom stereocenters. The van der Waals surface area contributed by atoms with Crippen LogP contribution in [0.1, 0.15) is 17.7 Å². The molecule has 0 fully saturated rings. The summed E-state index contributed by atoms with van der Waals surface area (Å²) < 4.78 is 0. The van der Waals surface area contributed by atoms with Gasteiger partial charge in [0.1, 0.15) is 0 Å². The lowest BCUT2D eigenvalue weighted by atomic mass is 10.2. The number of nitrogens with one attached hydrogen (secondary N) is 1. The molecule has 0 aliphatic heterocycles. The van der Waals surface area contributed by atoms with Gasteiger partial charge < -0.3 is 11.1 Å². The van der Waals surface area contributed by atoms with Gasteiger partial charge in [-0.05, 0) is 41.8 Å². The Kier molecular flexibility index (Phi) is 4.33. The van der Waals surface area contributed by atoms with Crippen molar-refractivity contribution in [1.82, 2.24) is 10.3 Å². The number of thiophene rings is 1. The maximum Gasteiger partial charge on any atom is 0.180 e. The van der Waals surface area contributed by atoms with Crippen LogP contribution in [0.2, 0.25) is 0 Å². The van der Waals surface area contributed by atoms with Crippen molar-refractivity contribution in [3.63, 3.8) is 0 Å². The van der Waals surface area contributed by atoms with Gasteiger partial charge in [0.25, 0.3) is 0 Å². The summed E-state index contributed by atoms with van der Waals surface area (Å²) in [5, 5.41) is 10.4. The zero-order chi connectivity index (χ0) is 11.2. The second-order valence-electron chi connectivity index (χ2n) is 3.59. The molecule has 0 amide bonds. The molecule has 0 saturated carbocycles. The lowest BCUT2D eigenvalue weighted by Gasteiger charge is -2.01. The van der Waals surface area contributed by atoms with Gasteiger partial charge in [-0.1, -0.05) is 0 Å². The zero-order valence-corrected chi connectivity index (χ0v) is 10.6. The van der Waals surface area contributed by atoms with E-state index in [0.29, 0.717) is 5.13 Å². The molecular formula is C11H15N3S2. The maximum absolute atomic E-state index is 5.57. The lowest BCUT2D eigenvalue weighted by Crippen LogP contribution is -2.14. The minimum Gasteiger partial charge on any atom is -0.375 e. The molecule has 16 heavy (non-hydrogen) atoms. The van der Waals surface area contributed by atoms with Crippen molar-refractivity contribution in [3.8, 4) is 0 Å². The average Bonchev–Trinajstić information content (AvgIpc) is 2.89. The molecule has 0 aromatic carbocycles. The van der Waals surface area contributed by atoms with Crippen LogP contribution < -0.4 is 11.1 Å². The summed E-state index contributed by atoms with van der Waals surface area (Å²) in [6, 6.07) is 2.15. The molecule has 0 bridgehead atoms. The van der Waals surface area contributed by atoms with E-state index in [1.165, 1.54) is 16.9 Å². The van der Waals surface area contributed by atoms with E-state index < -0.39 is 0 Å². The Bertz CT molecular complexity index is 409. The van der Waals surface area contributed by atoms with Gasteiger partial charge >= 0.3 is 0 Å². The van der Waals surface area contributed by atoms with E-state index in [1.807, 2.05) is 5.38 Å². The van der Waals surface area contributed by atoms with E-state index in [9.17, 15) is 0 Å². The van der Waals surface area contributed by atoms with Gasteiger partial charge in [-0.15, -0.1) is 11.3 Å². The summed E-state index contributed by atoms with van der Waals surface area (Å²) >= 11 is 3.25. The van der Waals surface area contributed by atoms with Crippen molar-refractivity contribution >= 4 is 27.8 Å². The monoisotopic (exact) mass is 253 g/mol. The molecule has 0 spiro atoms. The molecule has 3 nitrogen and oxygen atoms in total. The maximum atomic E-state index is 5.57. The fraction of sp³-hybridized carbons (Fsp3) is 0.364. The first kappa shape index (κ1) is 11.6. The molecule has 0 atom stereocenters. The lowest BCUT2D eigenvalue weighted by molar-refractivity contribution is 0.647. The van der Waals surface area contributed by atoms with Crippen LogP contribution in [-0.4, -0.2) is 11.5 Å². The Morgan fingerprint density at radius 3 is 3.00 bits per heavy atom. The molecule has 0 aliphatic carbocycles. The number of thiazole rings is 1. The summed E-state index contributed by atoms with van der Waals surface area (Å²) in [6.45, 7) is 1.98. The van der Waals surface area contributed by atoms with Crippen LogP contribution in [0.25, 0.3) is 0 Å². The zero-order valence-electron chi connectivity index (χ0n) is 8.98. The SMILES string of the molecule is Nc1nc(CCCNCc2ccsc2)cs1. The smallest absolute Gasteiger partial charge is 0.180 e. The first-order valence-corrected chi connectivity index (χ1v) is 7.08. The van der Waals surface area contributed by atoms with Crippen LogP contribution >= 0.6 is 22.7 Å². The van der Waals surface area contributed by atoms with Gasteiger partial charge in [0.15, 0.2) is 5.13 Å². The average molecular weight is 253 g/mol. The first-order chi connectivity index (χ1) is 7.84. The van der Waals surface area contributed by atoms with Gasteiger partial charge in [-0.25, -0.2) is 4.98 Å². The minimum atomic E-state index is 0.668. The van der Waals surface area contributed by atoms with E-state index >= 15 is 0 Å². The summed E-state index contributed by atoms with van der Waals surface area (Å²) in [4.78, 5) is 4.23. The Balaban J connectivity index is 1.59. The van der Waals surface area contributed by atoms with Crippen LogP contribution in [-0.2, 0) is 13.0 Å². The molecule has 2 heterocycles. The number of aromatic nitrogens is 1. The van der Waals surface area contributed by atoms with E-state index in [-0.39, 0.29) is 0 Å². The number of aryl methyl sites for hydroxylation is 1. The molecule has 2 aromatic rings. The number of nitrogen functional groups attached to an aromatic ring is 1. The quantitative estimate of drug-likeness (QED) is 0.778. The normalized spacial score (nSPS) is 10.8. The van der Waals surface area contributed by atoms with Crippen molar-refractivity contribution in [3.05, 3.63) is 33.5 Å². The predicted molar refractivity (Wildman–Crippen MR) is 70.9 cm³/mol. The van der Waals surface area contributed by atoms with E-state index in [4.69, 9.17) is 5.73 Å². The number of hydrogen-bond donors (Lipinski definition) is 2. The van der Waals surface area contributed by atoms with Gasteiger partial charge in [0, 0.05) is 11.9 Å². The number of nitrogens with zero attached hydrogens (tertiary/aromatic N) is 1. The van der Waals surface area contributed by atoms with Crippen LogP contribution in [0.3, 0.4) is 0 Å². The molecule has 0 radical (unpaired) electrons. The molecule has 0 aliphatic rings. The topological polar surface area (TPSA) is 50.9 Å². The van der Waals surface area contributed by atoms with Crippen molar-refractivity contribution in [2.24, 2.45) is 0 Å². The molecular weight excluding hydrogens is 238 g/mol. The molecule has 0 saturated heterocycles. The third kappa shape index (κ3) is 3.59. The van der Waals surface area contributed by atoms with Crippen LogP contribution in [0.5, 0.6) is 0 Å². The Hall–Kier alpha value is -0.910. The van der Waals surface area contributed by atoms with E-state index in [2.05, 4.69) is 27.1 Å². The van der Waals surface area contributed by atoms with Crippen molar-refractivity contribution < 1.29 is 0 Å². The van der Waals surface area contributed by atoms with Crippen molar-refractivity contribution in [2.75, 3.05) is 12.3 Å². The van der Waals surface area contributed by atoms with Gasteiger partial charge in [0.05, 0.1) is 5.69 Å². The van der Waals surface area contributed by atoms with Crippen LogP contribution in [0.4, 0.5) is 5.13 Å². The Morgan fingerprint density at radius 2 is 2.31 bits per heavy atom. The van der Waals surface area contributed by atoms with Crippen LogP contribution in [0.15, 0.2) is 22.2 Å². The van der Waals surface area contributed by atoms with Crippen molar-refractivity contribution in [2.45, 2.75) is 19.4 Å². The van der Waals surface area contributed by atoms with E-state index in [0.717, 1.165) is 31.6 Å². The summed E-state index contributed by atoms with van der Waals surface area (Å²) in [7, 11) is 0. The highest BCUT2D eigenvalue weighted by Crippen LogP contribution is 2.12. The van der Waals surface area contributed by atoms with Gasteiger partial charge in [-0.2, -0.15) is 11.3 Å². The fourth-order valence-electron chi connectivity index (χ4n) is 1.46. The highest BCUT2D eigenvalue weighted by atomic mass is 32.1. The molecule has 5 heteroatoms. The largest absolute Gasteiger partial charge is 0.375 e. The predicted octanol–water partition coefficient (Wildman–Crippen LogP) is 2.51. The molecule has 86 valence electrons. The van der Waals surface area contributed by atoms with Crippen LogP contribution in [0, 0.1) is 0 Å². The standard InChI is InChI=1S/C11H15N3S2/c12-11-14-10(8-16-11)2-1-4-13-6-9-3-5-15-7-9/h3,5,7-8,13H,1-2,4,6H2,(H2,12,14). The summed E-state index contributed by atoms with van der Waals surface area (Å²) in [5.74, 6) is 0. The fourth-order valence-corrected chi connectivity index (χ4v) is 2.72. The highest BCUT2D eigenvalue weighted by molar-refractivity contribution is 7.13.